The van der Waals surface area contributed by atoms with Gasteiger partial charge in [-0.25, -0.2) is 13.1 Å². The summed E-state index contributed by atoms with van der Waals surface area (Å²) in [5.41, 5.74) is 3.67. The molecule has 0 saturated carbocycles. The minimum Gasteiger partial charge on any atom is -0.490 e. The fourth-order valence-electron chi connectivity index (χ4n) is 5.31. The molecule has 8 nitrogen and oxygen atoms in total. The Kier molecular flexibility index (Phi) is 7.58. The van der Waals surface area contributed by atoms with E-state index in [1.54, 1.807) is 44.6 Å². The highest BCUT2D eigenvalue weighted by Crippen LogP contribution is 2.38. The van der Waals surface area contributed by atoms with E-state index in [0.717, 1.165) is 12.0 Å². The van der Waals surface area contributed by atoms with Crippen molar-refractivity contribution in [2.45, 2.75) is 45.6 Å². The lowest BCUT2D eigenvalue weighted by Gasteiger charge is -2.26. The zero-order valence-electron chi connectivity index (χ0n) is 23.2. The lowest BCUT2D eigenvalue weighted by atomic mass is 10.1. The van der Waals surface area contributed by atoms with Gasteiger partial charge in [-0.15, -0.1) is 0 Å². The van der Waals surface area contributed by atoms with Gasteiger partial charge in [0.15, 0.2) is 11.5 Å². The van der Waals surface area contributed by atoms with Crippen LogP contribution < -0.4 is 19.3 Å². The molecule has 0 atom stereocenters. The minimum atomic E-state index is -4.19. The summed E-state index contributed by atoms with van der Waals surface area (Å²) >= 11 is 3.61. The number of para-hydroxylation sites is 1. The van der Waals surface area contributed by atoms with E-state index in [-0.39, 0.29) is 17.1 Å². The summed E-state index contributed by atoms with van der Waals surface area (Å²) in [5, 5.41) is 0. The van der Waals surface area contributed by atoms with Gasteiger partial charge in [-0.05, 0) is 68.7 Å². The molecule has 0 aliphatic carbocycles. The molecule has 5 rings (SSSR count). The Labute approximate surface area is 242 Å². The maximum Gasteiger partial charge on any atom is 0.296 e. The van der Waals surface area contributed by atoms with Crippen LogP contribution in [0.15, 0.2) is 68.8 Å². The van der Waals surface area contributed by atoms with Gasteiger partial charge in [-0.3, -0.25) is 13.8 Å². The SMILES string of the molecule is Cc1cc(C)c(S(=O)(=O)N(Cc2cc3c(cc2Br)OCCCO3)c2c(C)n(C)n(-c3ccccc3)c2=O)c(C)c1. The summed E-state index contributed by atoms with van der Waals surface area (Å²) in [7, 11) is -2.44. The molecule has 2 heterocycles. The number of aromatic nitrogens is 2. The van der Waals surface area contributed by atoms with Gasteiger partial charge >= 0.3 is 0 Å². The van der Waals surface area contributed by atoms with Gasteiger partial charge in [-0.1, -0.05) is 51.8 Å². The lowest BCUT2D eigenvalue weighted by molar-refractivity contribution is 0.297. The third kappa shape index (κ3) is 4.94. The number of nitrogens with zero attached hydrogens (tertiary/aromatic N) is 3. The normalized spacial score (nSPS) is 13.2. The minimum absolute atomic E-state index is 0.0877. The van der Waals surface area contributed by atoms with Crippen LogP contribution in [-0.2, 0) is 23.6 Å². The van der Waals surface area contributed by atoms with Crippen LogP contribution in [0.25, 0.3) is 5.69 Å². The van der Waals surface area contributed by atoms with Crippen molar-refractivity contribution >= 4 is 31.6 Å². The monoisotopic (exact) mass is 625 g/mol. The summed E-state index contributed by atoms with van der Waals surface area (Å²) < 4.78 is 46.0. The van der Waals surface area contributed by atoms with Gasteiger partial charge in [0.1, 0.15) is 5.69 Å². The number of hydrogen-bond acceptors (Lipinski definition) is 5. The quantitative estimate of drug-likeness (QED) is 0.273. The second-order valence-corrected chi connectivity index (χ2v) is 12.7. The highest BCUT2D eigenvalue weighted by molar-refractivity contribution is 9.10. The second-order valence-electron chi connectivity index (χ2n) is 10.1. The molecule has 0 spiro atoms. The molecule has 0 saturated heterocycles. The number of sulfonamides is 1. The molecule has 4 aromatic rings. The van der Waals surface area contributed by atoms with Crippen LogP contribution in [0.1, 0.15) is 34.4 Å². The Morgan fingerprint density at radius 3 is 2.15 bits per heavy atom. The van der Waals surface area contributed by atoms with Crippen LogP contribution in [0.3, 0.4) is 0 Å². The van der Waals surface area contributed by atoms with Gasteiger partial charge in [0, 0.05) is 17.9 Å². The fourth-order valence-corrected chi connectivity index (χ4v) is 7.67. The number of benzene rings is 3. The fraction of sp³-hybridized carbons (Fsp3) is 0.300. The average Bonchev–Trinajstić information content (AvgIpc) is 3.02. The van der Waals surface area contributed by atoms with E-state index in [1.807, 2.05) is 49.4 Å². The van der Waals surface area contributed by atoms with E-state index < -0.39 is 15.6 Å². The van der Waals surface area contributed by atoms with E-state index in [1.165, 1.54) is 8.99 Å². The van der Waals surface area contributed by atoms with Crippen molar-refractivity contribution in [2.75, 3.05) is 17.5 Å². The van der Waals surface area contributed by atoms with Crippen molar-refractivity contribution < 1.29 is 17.9 Å². The molecule has 0 unspecified atom stereocenters. The van der Waals surface area contributed by atoms with Crippen LogP contribution in [-0.4, -0.2) is 31.0 Å². The molecular weight excluding hydrogens is 594 g/mol. The van der Waals surface area contributed by atoms with Gasteiger partial charge in [-0.2, -0.15) is 0 Å². The van der Waals surface area contributed by atoms with E-state index in [9.17, 15) is 13.2 Å². The number of anilines is 1. The number of ether oxygens (including phenoxy) is 2. The van der Waals surface area contributed by atoms with Crippen molar-refractivity contribution in [1.82, 2.24) is 9.36 Å². The topological polar surface area (TPSA) is 82.8 Å². The predicted molar refractivity (Wildman–Crippen MR) is 160 cm³/mol. The van der Waals surface area contributed by atoms with Crippen molar-refractivity contribution in [3.05, 3.63) is 97.4 Å². The first-order chi connectivity index (χ1) is 19.0. The molecule has 0 amide bonds. The molecule has 10 heteroatoms. The van der Waals surface area contributed by atoms with Crippen LogP contribution in [0.5, 0.6) is 11.5 Å². The maximum absolute atomic E-state index is 14.6. The van der Waals surface area contributed by atoms with Crippen molar-refractivity contribution in [2.24, 2.45) is 7.05 Å². The highest BCUT2D eigenvalue weighted by Gasteiger charge is 2.34. The molecule has 210 valence electrons. The molecule has 0 radical (unpaired) electrons. The largest absolute Gasteiger partial charge is 0.490 e. The third-order valence-corrected chi connectivity index (χ3v) is 9.95. The third-order valence-electron chi connectivity index (χ3n) is 7.16. The molecule has 1 aromatic heterocycles. The van der Waals surface area contributed by atoms with Crippen molar-refractivity contribution in [3.63, 3.8) is 0 Å². The first kappa shape index (κ1) is 28.0. The summed E-state index contributed by atoms with van der Waals surface area (Å²) in [5.74, 6) is 1.14. The van der Waals surface area contributed by atoms with E-state index in [4.69, 9.17) is 9.47 Å². The highest BCUT2D eigenvalue weighted by atomic mass is 79.9. The Hall–Kier alpha value is -3.50. The lowest BCUT2D eigenvalue weighted by Crippen LogP contribution is -2.36. The van der Waals surface area contributed by atoms with Gasteiger partial charge in [0.05, 0.1) is 36.0 Å². The predicted octanol–water partition coefficient (Wildman–Crippen LogP) is 5.73. The summed E-state index contributed by atoms with van der Waals surface area (Å²) in [4.78, 5) is 14.3. The number of aryl methyl sites for hydroxylation is 3. The summed E-state index contributed by atoms with van der Waals surface area (Å²) in [6, 6.07) is 16.5. The molecule has 0 bridgehead atoms. The Morgan fingerprint density at radius 2 is 1.52 bits per heavy atom. The molecule has 1 aliphatic rings. The molecule has 3 aromatic carbocycles. The number of halogens is 1. The molecule has 40 heavy (non-hydrogen) atoms. The summed E-state index contributed by atoms with van der Waals surface area (Å²) in [6.07, 6.45) is 0.746. The molecule has 0 fully saturated rings. The standard InChI is InChI=1S/C30H32BrN3O5S/c1-19-14-20(2)29(21(3)15-19)40(36,37)33(18-23-16-26-27(17-25(23)31)39-13-9-12-38-26)28-22(4)32(5)34(30(28)35)24-10-7-6-8-11-24/h6-8,10-11,14-17H,9,12-13,18H2,1-5H3. The van der Waals surface area contributed by atoms with Gasteiger partial charge in [0.25, 0.3) is 15.6 Å². The number of fused-ring (bicyclic) bond motifs is 1. The first-order valence-electron chi connectivity index (χ1n) is 13.0. The van der Waals surface area contributed by atoms with E-state index in [2.05, 4.69) is 15.9 Å². The Morgan fingerprint density at radius 1 is 0.925 bits per heavy atom. The number of rotatable bonds is 6. The van der Waals surface area contributed by atoms with Gasteiger partial charge in [0.2, 0.25) is 0 Å². The van der Waals surface area contributed by atoms with Crippen LogP contribution in [0.2, 0.25) is 0 Å². The van der Waals surface area contributed by atoms with Crippen molar-refractivity contribution in [1.29, 1.82) is 0 Å². The molecular formula is C30H32BrN3O5S. The zero-order valence-corrected chi connectivity index (χ0v) is 25.6. The van der Waals surface area contributed by atoms with Gasteiger partial charge < -0.3 is 9.47 Å². The average molecular weight is 627 g/mol. The Balaban J connectivity index is 1.75. The first-order valence-corrected chi connectivity index (χ1v) is 15.3. The summed E-state index contributed by atoms with van der Waals surface area (Å²) in [6.45, 7) is 8.20. The van der Waals surface area contributed by atoms with Crippen molar-refractivity contribution in [3.8, 4) is 17.2 Å². The molecule has 0 N–H and O–H groups in total. The smallest absolute Gasteiger partial charge is 0.296 e. The van der Waals surface area contributed by atoms with Crippen LogP contribution in [0, 0.1) is 27.7 Å². The Bertz CT molecular complexity index is 1740. The molecule has 1 aliphatic heterocycles. The second kappa shape index (κ2) is 10.8. The van der Waals surface area contributed by atoms with Crippen LogP contribution in [0.4, 0.5) is 5.69 Å². The van der Waals surface area contributed by atoms with Crippen LogP contribution >= 0.6 is 15.9 Å². The zero-order chi connectivity index (χ0) is 28.8. The van der Waals surface area contributed by atoms with E-state index >= 15 is 0 Å². The maximum atomic E-state index is 14.6. The number of hydrogen-bond donors (Lipinski definition) is 0. The van der Waals surface area contributed by atoms with E-state index in [0.29, 0.717) is 57.3 Å².